The van der Waals surface area contributed by atoms with E-state index in [0.29, 0.717) is 11.4 Å². The highest BCUT2D eigenvalue weighted by molar-refractivity contribution is 5.87. The fourth-order valence-corrected chi connectivity index (χ4v) is 1.73. The Morgan fingerprint density at radius 1 is 1.05 bits per heavy atom. The van der Waals surface area contributed by atoms with Crippen molar-refractivity contribution in [2.24, 2.45) is 4.99 Å². The number of hydrogen-bond donors (Lipinski definition) is 0. The number of methoxy groups -OCH3 is 1. The van der Waals surface area contributed by atoms with Gasteiger partial charge < -0.3 is 4.74 Å². The molecule has 0 aromatic heterocycles. The lowest BCUT2D eigenvalue weighted by Crippen LogP contribution is -1.97. The Morgan fingerprint density at radius 3 is 2.27 bits per heavy atom. The van der Waals surface area contributed by atoms with Crippen molar-refractivity contribution in [1.82, 2.24) is 0 Å². The molecular formula is C14H11N3O5. The molecule has 112 valence electrons. The van der Waals surface area contributed by atoms with Crippen LogP contribution in [0.1, 0.15) is 5.56 Å². The predicted molar refractivity (Wildman–Crippen MR) is 80.0 cm³/mol. The molecule has 0 heterocycles. The van der Waals surface area contributed by atoms with Crippen molar-refractivity contribution in [3.8, 4) is 5.75 Å². The van der Waals surface area contributed by atoms with Crippen LogP contribution in [0, 0.1) is 20.2 Å². The summed E-state index contributed by atoms with van der Waals surface area (Å²) in [5.74, 6) is 0.667. The lowest BCUT2D eigenvalue weighted by Gasteiger charge is -2.00. The third-order valence-electron chi connectivity index (χ3n) is 2.85. The van der Waals surface area contributed by atoms with Crippen molar-refractivity contribution in [2.45, 2.75) is 0 Å². The monoisotopic (exact) mass is 301 g/mol. The number of ether oxygens (including phenoxy) is 1. The minimum Gasteiger partial charge on any atom is -0.497 e. The summed E-state index contributed by atoms with van der Waals surface area (Å²) in [6.45, 7) is 0. The molecule has 0 atom stereocenters. The molecule has 22 heavy (non-hydrogen) atoms. The van der Waals surface area contributed by atoms with Crippen LogP contribution in [0.2, 0.25) is 0 Å². The minimum atomic E-state index is -0.683. The second-order valence-electron chi connectivity index (χ2n) is 4.21. The summed E-state index contributed by atoms with van der Waals surface area (Å²) in [5.41, 5.74) is 0.0552. The van der Waals surface area contributed by atoms with Gasteiger partial charge in [0.25, 0.3) is 11.4 Å². The average Bonchev–Trinajstić information content (AvgIpc) is 2.53. The van der Waals surface area contributed by atoms with Gasteiger partial charge in [0.1, 0.15) is 5.75 Å². The van der Waals surface area contributed by atoms with Crippen LogP contribution in [-0.2, 0) is 0 Å². The van der Waals surface area contributed by atoms with Gasteiger partial charge in [-0.15, -0.1) is 0 Å². The number of aliphatic imine (C=N–C) groups is 1. The summed E-state index contributed by atoms with van der Waals surface area (Å²) < 4.78 is 5.01. The van der Waals surface area contributed by atoms with Crippen LogP contribution >= 0.6 is 0 Å². The Bertz CT molecular complexity index is 741. The topological polar surface area (TPSA) is 108 Å². The first-order valence-corrected chi connectivity index (χ1v) is 6.12. The maximum Gasteiger partial charge on any atom is 0.285 e. The first-order chi connectivity index (χ1) is 10.5. The molecule has 0 bridgehead atoms. The SMILES string of the molecule is COc1ccc(N=Cc2ccc([N+](=O)[O-])cc2[N+](=O)[O-])cc1. The van der Waals surface area contributed by atoms with Gasteiger partial charge in [-0.25, -0.2) is 0 Å². The van der Waals surface area contributed by atoms with Gasteiger partial charge in [0, 0.05) is 12.3 Å². The van der Waals surface area contributed by atoms with E-state index in [1.165, 1.54) is 18.3 Å². The van der Waals surface area contributed by atoms with E-state index >= 15 is 0 Å². The molecule has 0 fully saturated rings. The van der Waals surface area contributed by atoms with Gasteiger partial charge in [0.05, 0.1) is 34.3 Å². The normalized spacial score (nSPS) is 10.6. The van der Waals surface area contributed by atoms with E-state index in [9.17, 15) is 20.2 Å². The maximum atomic E-state index is 11.0. The number of rotatable bonds is 5. The average molecular weight is 301 g/mol. The van der Waals surface area contributed by atoms with Gasteiger partial charge in [-0.3, -0.25) is 25.2 Å². The van der Waals surface area contributed by atoms with E-state index in [-0.39, 0.29) is 16.9 Å². The van der Waals surface area contributed by atoms with Crippen LogP contribution in [0.25, 0.3) is 0 Å². The van der Waals surface area contributed by atoms with Crippen molar-refractivity contribution < 1.29 is 14.6 Å². The Labute approximate surface area is 125 Å². The molecule has 2 rings (SSSR count). The van der Waals surface area contributed by atoms with Crippen LogP contribution in [-0.4, -0.2) is 23.2 Å². The molecule has 0 saturated heterocycles. The Balaban J connectivity index is 2.33. The summed E-state index contributed by atoms with van der Waals surface area (Å²) in [5, 5.41) is 21.7. The van der Waals surface area contributed by atoms with Crippen molar-refractivity contribution >= 4 is 23.3 Å². The first kappa shape index (κ1) is 15.1. The van der Waals surface area contributed by atoms with Crippen molar-refractivity contribution in [3.05, 3.63) is 68.3 Å². The van der Waals surface area contributed by atoms with Gasteiger partial charge in [-0.2, -0.15) is 0 Å². The van der Waals surface area contributed by atoms with E-state index in [1.54, 1.807) is 31.4 Å². The highest BCUT2D eigenvalue weighted by atomic mass is 16.6. The number of benzene rings is 2. The second kappa shape index (κ2) is 6.44. The zero-order chi connectivity index (χ0) is 16.1. The lowest BCUT2D eigenvalue weighted by atomic mass is 10.2. The molecule has 0 aliphatic rings. The molecule has 2 aromatic rings. The predicted octanol–water partition coefficient (Wildman–Crippen LogP) is 3.26. The van der Waals surface area contributed by atoms with E-state index in [1.807, 2.05) is 0 Å². The minimum absolute atomic E-state index is 0.186. The summed E-state index contributed by atoms with van der Waals surface area (Å²) in [6, 6.07) is 10.2. The molecule has 0 radical (unpaired) electrons. The molecule has 8 heteroatoms. The molecule has 8 nitrogen and oxygen atoms in total. The molecule has 0 aliphatic heterocycles. The zero-order valence-electron chi connectivity index (χ0n) is 11.5. The highest BCUT2D eigenvalue weighted by Crippen LogP contribution is 2.24. The number of non-ortho nitro benzene ring substituents is 1. The molecule has 2 aromatic carbocycles. The third kappa shape index (κ3) is 3.42. The smallest absolute Gasteiger partial charge is 0.285 e. The van der Waals surface area contributed by atoms with Crippen LogP contribution in [0.5, 0.6) is 5.75 Å². The second-order valence-corrected chi connectivity index (χ2v) is 4.21. The molecule has 0 N–H and O–H groups in total. The molecule has 0 spiro atoms. The van der Waals surface area contributed by atoms with E-state index in [4.69, 9.17) is 4.74 Å². The van der Waals surface area contributed by atoms with Crippen LogP contribution in [0.3, 0.4) is 0 Å². The van der Waals surface area contributed by atoms with Crippen molar-refractivity contribution in [2.75, 3.05) is 7.11 Å². The van der Waals surface area contributed by atoms with Crippen LogP contribution in [0.4, 0.5) is 17.1 Å². The van der Waals surface area contributed by atoms with Crippen molar-refractivity contribution in [1.29, 1.82) is 0 Å². The fourth-order valence-electron chi connectivity index (χ4n) is 1.73. The third-order valence-corrected chi connectivity index (χ3v) is 2.85. The number of nitrogens with zero attached hydrogens (tertiary/aromatic N) is 3. The summed E-state index contributed by atoms with van der Waals surface area (Å²) >= 11 is 0. The molecule has 0 aliphatic carbocycles. The standard InChI is InChI=1S/C14H11N3O5/c1-22-13-6-3-11(4-7-13)15-9-10-2-5-12(16(18)19)8-14(10)17(20)21/h2-9H,1H3. The van der Waals surface area contributed by atoms with E-state index in [0.717, 1.165) is 6.07 Å². The number of hydrogen-bond acceptors (Lipinski definition) is 6. The maximum absolute atomic E-state index is 11.0. The lowest BCUT2D eigenvalue weighted by molar-refractivity contribution is -0.394. The van der Waals surface area contributed by atoms with E-state index < -0.39 is 9.85 Å². The summed E-state index contributed by atoms with van der Waals surface area (Å²) in [4.78, 5) is 24.4. The Hall–Kier alpha value is -3.29. The summed E-state index contributed by atoms with van der Waals surface area (Å²) in [7, 11) is 1.54. The number of nitro groups is 2. The largest absolute Gasteiger partial charge is 0.497 e. The molecule has 0 amide bonds. The van der Waals surface area contributed by atoms with Gasteiger partial charge in [0.15, 0.2) is 0 Å². The van der Waals surface area contributed by atoms with Gasteiger partial charge in [0.2, 0.25) is 0 Å². The van der Waals surface area contributed by atoms with E-state index in [2.05, 4.69) is 4.99 Å². The van der Waals surface area contributed by atoms with Gasteiger partial charge >= 0.3 is 0 Å². The number of nitro benzene ring substituents is 2. The molecule has 0 unspecified atom stereocenters. The van der Waals surface area contributed by atoms with Gasteiger partial charge in [-0.1, -0.05) is 0 Å². The van der Waals surface area contributed by atoms with Crippen LogP contribution < -0.4 is 4.74 Å². The highest BCUT2D eigenvalue weighted by Gasteiger charge is 2.18. The fraction of sp³-hybridized carbons (Fsp3) is 0.0714. The van der Waals surface area contributed by atoms with Gasteiger partial charge in [-0.05, 0) is 30.3 Å². The Kier molecular flexibility index (Phi) is 4.42. The van der Waals surface area contributed by atoms with Crippen molar-refractivity contribution in [3.63, 3.8) is 0 Å². The quantitative estimate of drug-likeness (QED) is 0.478. The molecular weight excluding hydrogens is 290 g/mol. The molecule has 0 saturated carbocycles. The first-order valence-electron chi connectivity index (χ1n) is 6.12. The summed E-state index contributed by atoms with van der Waals surface area (Å²) in [6.07, 6.45) is 1.30. The zero-order valence-corrected chi connectivity index (χ0v) is 11.5. The Morgan fingerprint density at radius 2 is 1.73 bits per heavy atom. The van der Waals surface area contributed by atoms with Crippen LogP contribution in [0.15, 0.2) is 47.5 Å².